The van der Waals surface area contributed by atoms with E-state index >= 15 is 0 Å². The Balaban J connectivity index is 1.38. The fourth-order valence-electron chi connectivity index (χ4n) is 2.73. The Hall–Kier alpha value is -3.74. The van der Waals surface area contributed by atoms with Gasteiger partial charge in [0.1, 0.15) is 13.2 Å². The van der Waals surface area contributed by atoms with E-state index in [0.717, 1.165) is 5.69 Å². The highest BCUT2D eigenvalue weighted by Crippen LogP contribution is 2.30. The lowest BCUT2D eigenvalue weighted by molar-refractivity contribution is 0.0846. The van der Waals surface area contributed by atoms with E-state index in [2.05, 4.69) is 10.9 Å². The zero-order valence-corrected chi connectivity index (χ0v) is 14.3. The maximum absolute atomic E-state index is 12.3. The lowest BCUT2D eigenvalue weighted by atomic mass is 10.2. The van der Waals surface area contributed by atoms with Crippen molar-refractivity contribution in [2.75, 3.05) is 13.2 Å². The number of hydrogen-bond donors (Lipinski definition) is 2. The van der Waals surface area contributed by atoms with Crippen LogP contribution in [0.3, 0.4) is 0 Å². The van der Waals surface area contributed by atoms with E-state index in [1.54, 1.807) is 30.3 Å². The second-order valence-corrected chi connectivity index (χ2v) is 5.90. The molecule has 0 aliphatic carbocycles. The molecule has 0 bridgehead atoms. The van der Waals surface area contributed by atoms with E-state index in [1.807, 2.05) is 41.2 Å². The van der Waals surface area contributed by atoms with E-state index in [9.17, 15) is 9.59 Å². The van der Waals surface area contributed by atoms with Crippen LogP contribution < -0.4 is 20.3 Å². The molecule has 3 aromatic rings. The number of nitrogens with one attached hydrogen (secondary N) is 2. The first-order chi connectivity index (χ1) is 13.2. The van der Waals surface area contributed by atoms with Crippen molar-refractivity contribution >= 4 is 11.8 Å². The fourth-order valence-corrected chi connectivity index (χ4v) is 2.73. The number of carbonyl (C=O) groups excluding carboxylic acids is 2. The maximum Gasteiger partial charge on any atom is 0.269 e. The molecule has 0 unspecified atom stereocenters. The molecule has 136 valence electrons. The average molecular weight is 363 g/mol. The van der Waals surface area contributed by atoms with Gasteiger partial charge in [-0.05, 0) is 54.6 Å². The number of fused-ring (bicyclic) bond motifs is 1. The van der Waals surface area contributed by atoms with Gasteiger partial charge in [0.25, 0.3) is 11.8 Å². The number of nitrogens with zero attached hydrogens (tertiary/aromatic N) is 1. The number of benzene rings is 2. The minimum Gasteiger partial charge on any atom is -0.486 e. The molecule has 1 aromatic heterocycles. The molecule has 0 radical (unpaired) electrons. The van der Waals surface area contributed by atoms with Crippen molar-refractivity contribution in [2.45, 2.75) is 0 Å². The summed E-state index contributed by atoms with van der Waals surface area (Å²) in [5, 5.41) is 0. The summed E-state index contributed by atoms with van der Waals surface area (Å²) in [5.74, 6) is 0.273. The monoisotopic (exact) mass is 363 g/mol. The van der Waals surface area contributed by atoms with Gasteiger partial charge < -0.3 is 14.0 Å². The van der Waals surface area contributed by atoms with Gasteiger partial charge in [-0.15, -0.1) is 0 Å². The van der Waals surface area contributed by atoms with E-state index in [4.69, 9.17) is 9.47 Å². The Morgan fingerprint density at radius 2 is 1.37 bits per heavy atom. The van der Waals surface area contributed by atoms with Gasteiger partial charge in [0.15, 0.2) is 11.5 Å². The van der Waals surface area contributed by atoms with Gasteiger partial charge >= 0.3 is 0 Å². The molecule has 2 heterocycles. The lowest BCUT2D eigenvalue weighted by Gasteiger charge is -2.18. The Morgan fingerprint density at radius 3 is 2.07 bits per heavy atom. The Morgan fingerprint density at radius 1 is 0.778 bits per heavy atom. The number of aromatic nitrogens is 1. The Bertz CT molecular complexity index is 965. The number of hydrogen-bond acceptors (Lipinski definition) is 4. The summed E-state index contributed by atoms with van der Waals surface area (Å²) in [4.78, 5) is 24.5. The van der Waals surface area contributed by atoms with Gasteiger partial charge in [-0.2, -0.15) is 0 Å². The molecule has 4 rings (SSSR count). The van der Waals surface area contributed by atoms with Crippen LogP contribution in [0.25, 0.3) is 5.69 Å². The van der Waals surface area contributed by atoms with Gasteiger partial charge in [0.2, 0.25) is 0 Å². The van der Waals surface area contributed by atoms with Gasteiger partial charge in [0, 0.05) is 29.2 Å². The number of ether oxygens (including phenoxy) is 2. The Labute approximate surface area is 155 Å². The zero-order chi connectivity index (χ0) is 18.6. The first kappa shape index (κ1) is 16.7. The Kier molecular flexibility index (Phi) is 4.49. The highest BCUT2D eigenvalue weighted by atomic mass is 16.6. The maximum atomic E-state index is 12.3. The molecule has 27 heavy (non-hydrogen) atoms. The quantitative estimate of drug-likeness (QED) is 0.700. The topological polar surface area (TPSA) is 81.6 Å². The van der Waals surface area contributed by atoms with Crippen LogP contribution in [-0.2, 0) is 0 Å². The van der Waals surface area contributed by atoms with Crippen LogP contribution in [0.1, 0.15) is 20.7 Å². The van der Waals surface area contributed by atoms with Gasteiger partial charge in [-0.1, -0.05) is 0 Å². The first-order valence-electron chi connectivity index (χ1n) is 8.44. The highest BCUT2D eigenvalue weighted by molar-refractivity contribution is 5.99. The second-order valence-electron chi connectivity index (χ2n) is 5.90. The van der Waals surface area contributed by atoms with Gasteiger partial charge in [-0.25, -0.2) is 0 Å². The molecule has 1 aliphatic rings. The molecule has 0 fully saturated rings. The molecule has 0 saturated heterocycles. The average Bonchev–Trinajstić information content (AvgIpc) is 3.26. The molecule has 0 saturated carbocycles. The molecule has 1 aliphatic heterocycles. The van der Waals surface area contributed by atoms with Crippen LogP contribution in [0.2, 0.25) is 0 Å². The van der Waals surface area contributed by atoms with Crippen molar-refractivity contribution in [3.8, 4) is 17.2 Å². The molecule has 2 N–H and O–H groups in total. The van der Waals surface area contributed by atoms with Crippen LogP contribution in [0.4, 0.5) is 0 Å². The van der Waals surface area contributed by atoms with Gasteiger partial charge in [-0.3, -0.25) is 20.4 Å². The summed E-state index contributed by atoms with van der Waals surface area (Å²) < 4.78 is 12.8. The molecule has 7 nitrogen and oxygen atoms in total. The van der Waals surface area contributed by atoms with Crippen molar-refractivity contribution < 1.29 is 19.1 Å². The number of carbonyl (C=O) groups is 2. The SMILES string of the molecule is O=C(NNC(=O)c1ccc2c(c1)OCCO2)c1ccc(-n2cccc2)cc1. The molecule has 7 heteroatoms. The third kappa shape index (κ3) is 3.62. The lowest BCUT2D eigenvalue weighted by Crippen LogP contribution is -2.41. The van der Waals surface area contributed by atoms with Gasteiger partial charge in [0.05, 0.1) is 0 Å². The molecule has 0 spiro atoms. The third-order valence-electron chi connectivity index (χ3n) is 4.13. The summed E-state index contributed by atoms with van der Waals surface area (Å²) in [6.07, 6.45) is 3.84. The fraction of sp³-hybridized carbons (Fsp3) is 0.100. The van der Waals surface area contributed by atoms with Crippen LogP contribution in [0.5, 0.6) is 11.5 Å². The molecule has 0 atom stereocenters. The van der Waals surface area contributed by atoms with Crippen molar-refractivity contribution in [3.63, 3.8) is 0 Å². The van der Waals surface area contributed by atoms with Crippen molar-refractivity contribution in [1.29, 1.82) is 0 Å². The van der Waals surface area contributed by atoms with Crippen LogP contribution in [-0.4, -0.2) is 29.6 Å². The largest absolute Gasteiger partial charge is 0.486 e. The molecular weight excluding hydrogens is 346 g/mol. The summed E-state index contributed by atoms with van der Waals surface area (Å²) in [7, 11) is 0. The molecule has 2 amide bonds. The summed E-state index contributed by atoms with van der Waals surface area (Å²) in [5.41, 5.74) is 6.56. The molecule has 2 aromatic carbocycles. The van der Waals surface area contributed by atoms with E-state index in [1.165, 1.54) is 0 Å². The number of rotatable bonds is 3. The van der Waals surface area contributed by atoms with E-state index in [0.29, 0.717) is 35.8 Å². The predicted octanol–water partition coefficient (Wildman–Crippen LogP) is 2.32. The van der Waals surface area contributed by atoms with E-state index < -0.39 is 11.8 Å². The predicted molar refractivity (Wildman–Crippen MR) is 98.1 cm³/mol. The summed E-state index contributed by atoms with van der Waals surface area (Å²) >= 11 is 0. The molecular formula is C20H17N3O4. The van der Waals surface area contributed by atoms with Crippen molar-refractivity contribution in [1.82, 2.24) is 15.4 Å². The minimum atomic E-state index is -0.440. The van der Waals surface area contributed by atoms with Crippen LogP contribution in [0, 0.1) is 0 Å². The van der Waals surface area contributed by atoms with Crippen LogP contribution in [0.15, 0.2) is 67.0 Å². The van der Waals surface area contributed by atoms with E-state index in [-0.39, 0.29) is 0 Å². The summed E-state index contributed by atoms with van der Waals surface area (Å²) in [6.45, 7) is 0.922. The third-order valence-corrected chi connectivity index (χ3v) is 4.13. The second kappa shape index (κ2) is 7.25. The van der Waals surface area contributed by atoms with Crippen molar-refractivity contribution in [3.05, 3.63) is 78.1 Å². The minimum absolute atomic E-state index is 0.363. The van der Waals surface area contributed by atoms with Crippen molar-refractivity contribution in [2.24, 2.45) is 0 Å². The number of hydrazine groups is 1. The zero-order valence-electron chi connectivity index (χ0n) is 14.3. The normalized spacial score (nSPS) is 12.3. The standard InChI is InChI=1S/C20H17N3O4/c24-19(14-3-6-16(7-4-14)23-9-1-2-10-23)21-22-20(25)15-5-8-17-18(13-15)27-12-11-26-17/h1-10,13H,11-12H2,(H,21,24)(H,22,25). The highest BCUT2D eigenvalue weighted by Gasteiger charge is 2.15. The first-order valence-corrected chi connectivity index (χ1v) is 8.44. The number of amides is 2. The van der Waals surface area contributed by atoms with Crippen LogP contribution >= 0.6 is 0 Å². The summed E-state index contributed by atoms with van der Waals surface area (Å²) in [6, 6.07) is 15.8. The smallest absolute Gasteiger partial charge is 0.269 e.